The summed E-state index contributed by atoms with van der Waals surface area (Å²) in [7, 11) is 0. The fourth-order valence-electron chi connectivity index (χ4n) is 4.88. The third-order valence-electron chi connectivity index (χ3n) is 7.74. The Morgan fingerprint density at radius 2 is 1.29 bits per heavy atom. The number of nitrogens with two attached hydrogens (primary N) is 1. The highest BCUT2D eigenvalue weighted by Crippen LogP contribution is 2.22. The normalized spacial score (nSPS) is 21.0. The number of nitrogens with one attached hydrogen (secondary N) is 6. The number of carboxylic acid groups (broad SMARTS) is 3. The number of ether oxygens (including phenoxy) is 1. The van der Waals surface area contributed by atoms with Gasteiger partial charge in [-0.3, -0.25) is 47.9 Å². The number of azide groups is 1. The number of carbonyl (C=O) groups excluding carboxylic acids is 7. The average molecular weight is 805 g/mol. The summed E-state index contributed by atoms with van der Waals surface area (Å²) in [6.45, 7) is 0.860. The van der Waals surface area contributed by atoms with Gasteiger partial charge in [0, 0.05) is 17.9 Å². The molecule has 0 aromatic carbocycles. The van der Waals surface area contributed by atoms with E-state index in [-0.39, 0.29) is 0 Å². The molecule has 1 aliphatic rings. The number of amides is 7. The van der Waals surface area contributed by atoms with Crippen molar-refractivity contribution < 1.29 is 83.3 Å². The third-order valence-corrected chi connectivity index (χ3v) is 7.74. The van der Waals surface area contributed by atoms with Crippen LogP contribution in [0.1, 0.15) is 39.5 Å². The minimum absolute atomic E-state index is 0.591. The lowest BCUT2D eigenvalue weighted by molar-refractivity contribution is -0.219. The van der Waals surface area contributed by atoms with Crippen LogP contribution in [0.5, 0.6) is 0 Å². The molecule has 0 aliphatic carbocycles. The van der Waals surface area contributed by atoms with E-state index in [0.29, 0.717) is 0 Å². The number of aliphatic hydroxyl groups is 3. The first-order valence-corrected chi connectivity index (χ1v) is 16.5. The first-order valence-electron chi connectivity index (χ1n) is 16.5. The highest BCUT2D eigenvalue weighted by atomic mass is 16.5. The predicted octanol–water partition coefficient (Wildman–Crippen LogP) is -6.73. The van der Waals surface area contributed by atoms with Crippen molar-refractivity contribution in [2.24, 2.45) is 16.8 Å². The van der Waals surface area contributed by atoms with Crippen LogP contribution in [0, 0.1) is 5.92 Å². The molecular weight excluding hydrogens is 760 g/mol. The molecule has 6 unspecified atom stereocenters. The molecule has 0 saturated carbocycles. The van der Waals surface area contributed by atoms with E-state index < -0.39 is 165 Å². The second-order valence-electron chi connectivity index (χ2n) is 12.5. The summed E-state index contributed by atoms with van der Waals surface area (Å²) in [6.07, 6.45) is -13.4. The predicted molar refractivity (Wildman–Crippen MR) is 180 cm³/mol. The minimum atomic E-state index is -2.17. The Bertz CT molecular complexity index is 1550. The number of aliphatic carboxylic acids is 3. The standard InChI is InChI=1S/C29H44N10O17/c1-10(2)20(28(54)36-12(5-18(44)45)25(51)33-8-15(30)40)38-26(52)11(3-4-17(42)43)35-27(53)13(6-19(46)47)37-29(55)24-23(50)22(49)21(48)14(56-24)7-32-16(41)9-34-39-31/h10-14,20-24,48-50H,3-9H2,1-2H3,(H2,30,40)(H,32,41)(H,33,51)(H,35,53)(H,36,54)(H,37,55)(H,38,52)(H,42,43)(H,44,45)(H,46,47)/t11-,12?,13-,14?,20-,21?,22?,23?,24?/m0/s1. The van der Waals surface area contributed by atoms with Crippen LogP contribution in [-0.4, -0.2) is 164 Å². The van der Waals surface area contributed by atoms with Crippen LogP contribution in [-0.2, 0) is 52.7 Å². The smallest absolute Gasteiger partial charge is 0.305 e. The van der Waals surface area contributed by atoms with E-state index in [4.69, 9.17) is 16.0 Å². The van der Waals surface area contributed by atoms with Crippen LogP contribution >= 0.6 is 0 Å². The van der Waals surface area contributed by atoms with Gasteiger partial charge in [0.2, 0.25) is 35.4 Å². The van der Waals surface area contributed by atoms with Crippen molar-refractivity contribution in [3.8, 4) is 0 Å². The second-order valence-corrected chi connectivity index (χ2v) is 12.5. The SMILES string of the molecule is CC(C)[C@H](NC(=O)[C@H](CCC(=O)O)NC(=O)[C@H](CC(=O)O)NC(=O)C1OC(CNC(=O)CN=[N+]=[N-])C(O)C(O)C1O)C(=O)NC(CC(=O)O)C(=O)NCC(N)=O. The van der Waals surface area contributed by atoms with Crippen LogP contribution in [0.25, 0.3) is 10.4 Å². The van der Waals surface area contributed by atoms with E-state index in [1.807, 2.05) is 10.6 Å². The summed E-state index contributed by atoms with van der Waals surface area (Å²) in [5.41, 5.74) is 13.3. The van der Waals surface area contributed by atoms with Gasteiger partial charge in [0.25, 0.3) is 5.91 Å². The number of nitrogens with zero attached hydrogens (tertiary/aromatic N) is 3. The summed E-state index contributed by atoms with van der Waals surface area (Å²) < 4.78 is 5.33. The highest BCUT2D eigenvalue weighted by molar-refractivity contribution is 5.98. The van der Waals surface area contributed by atoms with Gasteiger partial charge < -0.3 is 73.0 Å². The molecular formula is C29H44N10O17. The number of primary amides is 1. The Hall–Kier alpha value is -6.15. The monoisotopic (exact) mass is 804 g/mol. The van der Waals surface area contributed by atoms with E-state index in [2.05, 4.69) is 31.3 Å². The molecule has 312 valence electrons. The molecule has 0 spiro atoms. The molecule has 1 fully saturated rings. The van der Waals surface area contributed by atoms with Crippen molar-refractivity contribution in [3.05, 3.63) is 10.4 Å². The molecule has 27 heteroatoms. The maximum atomic E-state index is 13.4. The van der Waals surface area contributed by atoms with Crippen molar-refractivity contribution in [2.45, 2.75) is 94.2 Å². The van der Waals surface area contributed by atoms with Crippen LogP contribution in [0.3, 0.4) is 0 Å². The Morgan fingerprint density at radius 1 is 0.732 bits per heavy atom. The number of carboxylic acids is 3. The van der Waals surface area contributed by atoms with Gasteiger partial charge in [-0.05, 0) is 17.9 Å². The van der Waals surface area contributed by atoms with Gasteiger partial charge in [-0.1, -0.05) is 19.0 Å². The van der Waals surface area contributed by atoms with Crippen LogP contribution in [0.2, 0.25) is 0 Å². The molecule has 1 aliphatic heterocycles. The van der Waals surface area contributed by atoms with E-state index in [1.54, 1.807) is 0 Å². The molecule has 1 saturated heterocycles. The molecule has 1 heterocycles. The van der Waals surface area contributed by atoms with Gasteiger partial charge in [-0.25, -0.2) is 0 Å². The maximum absolute atomic E-state index is 13.4. The highest BCUT2D eigenvalue weighted by Gasteiger charge is 2.47. The van der Waals surface area contributed by atoms with Crippen molar-refractivity contribution >= 4 is 59.3 Å². The van der Waals surface area contributed by atoms with Crippen LogP contribution in [0.4, 0.5) is 0 Å². The Balaban J connectivity index is 3.26. The van der Waals surface area contributed by atoms with Gasteiger partial charge in [0.05, 0.1) is 19.4 Å². The molecule has 1 rings (SSSR count). The van der Waals surface area contributed by atoms with Crippen LogP contribution < -0.4 is 37.6 Å². The second kappa shape index (κ2) is 22.9. The van der Waals surface area contributed by atoms with Crippen molar-refractivity contribution in [1.82, 2.24) is 31.9 Å². The van der Waals surface area contributed by atoms with Crippen molar-refractivity contribution in [3.63, 3.8) is 0 Å². The summed E-state index contributed by atoms with van der Waals surface area (Å²) in [5.74, 6) is -13.6. The first kappa shape index (κ1) is 47.9. The van der Waals surface area contributed by atoms with Gasteiger partial charge in [0.15, 0.2) is 6.10 Å². The quantitative estimate of drug-likeness (QED) is 0.0259. The number of rotatable bonds is 23. The van der Waals surface area contributed by atoms with Gasteiger partial charge >= 0.3 is 17.9 Å². The summed E-state index contributed by atoms with van der Waals surface area (Å²) in [4.78, 5) is 125. The lowest BCUT2D eigenvalue weighted by Gasteiger charge is -2.40. The minimum Gasteiger partial charge on any atom is -0.481 e. The molecule has 14 N–H and O–H groups in total. The van der Waals surface area contributed by atoms with Crippen molar-refractivity contribution in [2.75, 3.05) is 19.6 Å². The molecule has 27 nitrogen and oxygen atoms in total. The van der Waals surface area contributed by atoms with Gasteiger partial charge in [0.1, 0.15) is 55.1 Å². The molecule has 56 heavy (non-hydrogen) atoms. The van der Waals surface area contributed by atoms with Gasteiger partial charge in [-0.2, -0.15) is 0 Å². The Labute approximate surface area is 315 Å². The zero-order valence-electron chi connectivity index (χ0n) is 29.8. The number of carbonyl (C=O) groups is 10. The van der Waals surface area contributed by atoms with E-state index in [1.165, 1.54) is 13.8 Å². The largest absolute Gasteiger partial charge is 0.481 e. The molecule has 0 aromatic heterocycles. The van der Waals surface area contributed by atoms with Crippen LogP contribution in [0.15, 0.2) is 5.11 Å². The topological polar surface area (TPSA) is 448 Å². The van der Waals surface area contributed by atoms with Crippen molar-refractivity contribution in [1.29, 1.82) is 0 Å². The lowest BCUT2D eigenvalue weighted by Crippen LogP contribution is -2.65. The average Bonchev–Trinajstić information content (AvgIpc) is 3.10. The summed E-state index contributed by atoms with van der Waals surface area (Å²) >= 11 is 0. The van der Waals surface area contributed by atoms with E-state index in [0.717, 1.165) is 0 Å². The Kier molecular flexibility index (Phi) is 19.6. The number of hydrogen-bond donors (Lipinski definition) is 13. The number of hydrogen-bond acceptors (Lipinski definition) is 15. The molecule has 0 aromatic rings. The molecule has 7 amide bonds. The Morgan fingerprint density at radius 3 is 1.80 bits per heavy atom. The zero-order chi connectivity index (χ0) is 42.9. The van der Waals surface area contributed by atoms with E-state index in [9.17, 15) is 78.6 Å². The number of aliphatic hydroxyl groups excluding tert-OH is 3. The van der Waals surface area contributed by atoms with E-state index >= 15 is 0 Å². The fourth-order valence-corrected chi connectivity index (χ4v) is 4.88. The summed E-state index contributed by atoms with van der Waals surface area (Å²) in [5, 5.41) is 74.6. The fraction of sp³-hybridized carbons (Fsp3) is 0.655. The first-order chi connectivity index (χ1) is 26.1. The molecule has 0 bridgehead atoms. The maximum Gasteiger partial charge on any atom is 0.305 e. The molecule has 9 atom stereocenters. The third kappa shape index (κ3) is 16.1. The van der Waals surface area contributed by atoms with Gasteiger partial charge in [-0.15, -0.1) is 0 Å². The zero-order valence-corrected chi connectivity index (χ0v) is 29.8. The lowest BCUT2D eigenvalue weighted by atomic mass is 9.94. The molecule has 0 radical (unpaired) electrons. The summed E-state index contributed by atoms with van der Waals surface area (Å²) in [6, 6.07) is -7.28.